The zero-order valence-corrected chi connectivity index (χ0v) is 10.2. The van der Waals surface area contributed by atoms with E-state index in [1.54, 1.807) is 35.2 Å². The monoisotopic (exact) mass is 247 g/mol. The number of aliphatic hydroxyl groups is 1. The summed E-state index contributed by atoms with van der Waals surface area (Å²) in [5.41, 5.74) is 0.620. The zero-order chi connectivity index (χ0) is 13.0. The van der Waals surface area contributed by atoms with Crippen LogP contribution in [0.3, 0.4) is 0 Å². The number of likely N-dealkylation sites (tertiary alicyclic amines) is 1. The van der Waals surface area contributed by atoms with Crippen LogP contribution in [0.1, 0.15) is 16.8 Å². The first-order valence-corrected chi connectivity index (χ1v) is 6.02. The van der Waals surface area contributed by atoms with Crippen molar-refractivity contribution < 1.29 is 14.6 Å². The molecular formula is C14H17NO3. The number of benzene rings is 1. The number of β-amino-alcohol motifs (C(OH)–C–C–N with tert-alkyl or cyclic N) is 1. The summed E-state index contributed by atoms with van der Waals surface area (Å²) in [6.07, 6.45) is 1.95. The molecule has 2 rings (SSSR count). The van der Waals surface area contributed by atoms with Crippen LogP contribution in [0.4, 0.5) is 0 Å². The Labute approximate surface area is 106 Å². The van der Waals surface area contributed by atoms with Gasteiger partial charge in [-0.15, -0.1) is 0 Å². The van der Waals surface area contributed by atoms with Gasteiger partial charge in [-0.25, -0.2) is 0 Å². The van der Waals surface area contributed by atoms with E-state index in [1.807, 2.05) is 0 Å². The Balaban J connectivity index is 2.00. The summed E-state index contributed by atoms with van der Waals surface area (Å²) in [6, 6.07) is 7.02. The van der Waals surface area contributed by atoms with Crippen molar-refractivity contribution in [3.8, 4) is 5.75 Å². The molecule has 0 aromatic heterocycles. The van der Waals surface area contributed by atoms with Crippen molar-refractivity contribution in [1.82, 2.24) is 4.90 Å². The summed E-state index contributed by atoms with van der Waals surface area (Å²) in [5, 5.41) is 9.41. The summed E-state index contributed by atoms with van der Waals surface area (Å²) in [7, 11) is 0. The van der Waals surface area contributed by atoms with Gasteiger partial charge >= 0.3 is 0 Å². The second kappa shape index (κ2) is 5.69. The number of aliphatic hydroxyl groups excluding tert-OH is 1. The van der Waals surface area contributed by atoms with Gasteiger partial charge in [0.05, 0.1) is 6.10 Å². The molecule has 18 heavy (non-hydrogen) atoms. The lowest BCUT2D eigenvalue weighted by Crippen LogP contribution is -2.29. The number of ether oxygens (including phenoxy) is 1. The van der Waals surface area contributed by atoms with E-state index in [0.29, 0.717) is 37.4 Å². The van der Waals surface area contributed by atoms with Crippen LogP contribution in [0.25, 0.3) is 0 Å². The molecule has 0 saturated carbocycles. The number of carbonyl (C=O) groups excluding carboxylic acids is 1. The number of nitrogens with zero attached hydrogens (tertiary/aromatic N) is 1. The number of hydrogen-bond acceptors (Lipinski definition) is 3. The fraction of sp³-hybridized carbons (Fsp3) is 0.357. The fourth-order valence-electron chi connectivity index (χ4n) is 1.96. The van der Waals surface area contributed by atoms with Crippen molar-refractivity contribution in [2.75, 3.05) is 19.7 Å². The number of rotatable bonds is 4. The lowest BCUT2D eigenvalue weighted by molar-refractivity contribution is 0.0765. The van der Waals surface area contributed by atoms with Crippen LogP contribution in [0, 0.1) is 0 Å². The highest BCUT2D eigenvalue weighted by Gasteiger charge is 2.25. The molecule has 1 aliphatic rings. The van der Waals surface area contributed by atoms with Gasteiger partial charge in [-0.2, -0.15) is 0 Å². The minimum absolute atomic E-state index is 0.0400. The lowest BCUT2D eigenvalue weighted by atomic mass is 10.2. The Morgan fingerprint density at radius 1 is 1.50 bits per heavy atom. The van der Waals surface area contributed by atoms with Gasteiger partial charge in [0.15, 0.2) is 0 Å². The highest BCUT2D eigenvalue weighted by atomic mass is 16.5. The van der Waals surface area contributed by atoms with Gasteiger partial charge in [-0.05, 0) is 30.7 Å². The Kier molecular flexibility index (Phi) is 3.99. The van der Waals surface area contributed by atoms with Gasteiger partial charge in [-0.3, -0.25) is 4.79 Å². The van der Waals surface area contributed by atoms with Gasteiger partial charge in [-0.1, -0.05) is 12.7 Å². The Bertz CT molecular complexity index is 427. The van der Waals surface area contributed by atoms with E-state index in [4.69, 9.17) is 4.74 Å². The van der Waals surface area contributed by atoms with Crippen LogP contribution >= 0.6 is 0 Å². The molecule has 0 radical (unpaired) electrons. The fourth-order valence-corrected chi connectivity index (χ4v) is 1.96. The van der Waals surface area contributed by atoms with Crippen LogP contribution < -0.4 is 4.74 Å². The van der Waals surface area contributed by atoms with Gasteiger partial charge in [0.2, 0.25) is 0 Å². The molecule has 0 aliphatic carbocycles. The highest BCUT2D eigenvalue weighted by Crippen LogP contribution is 2.16. The molecule has 1 heterocycles. The molecule has 0 unspecified atom stereocenters. The SMILES string of the molecule is C=CCOc1ccc(C(=O)N2CC[C@@H](O)C2)cc1. The Morgan fingerprint density at radius 2 is 2.22 bits per heavy atom. The van der Waals surface area contributed by atoms with E-state index in [2.05, 4.69) is 6.58 Å². The van der Waals surface area contributed by atoms with E-state index < -0.39 is 0 Å². The predicted molar refractivity (Wildman–Crippen MR) is 68.7 cm³/mol. The molecule has 1 saturated heterocycles. The van der Waals surface area contributed by atoms with Crippen molar-refractivity contribution in [2.45, 2.75) is 12.5 Å². The third kappa shape index (κ3) is 2.90. The van der Waals surface area contributed by atoms with Gasteiger partial charge < -0.3 is 14.7 Å². The topological polar surface area (TPSA) is 49.8 Å². The summed E-state index contributed by atoms with van der Waals surface area (Å²) in [4.78, 5) is 13.7. The Hall–Kier alpha value is -1.81. The minimum Gasteiger partial charge on any atom is -0.490 e. The second-order valence-corrected chi connectivity index (χ2v) is 4.32. The van der Waals surface area contributed by atoms with Crippen LogP contribution in [-0.4, -0.2) is 41.7 Å². The largest absolute Gasteiger partial charge is 0.490 e. The standard InChI is InChI=1S/C14H17NO3/c1-2-9-18-13-5-3-11(4-6-13)14(17)15-8-7-12(16)10-15/h2-6,12,16H,1,7-10H2/t12-/m1/s1. The Morgan fingerprint density at radius 3 is 2.78 bits per heavy atom. The molecule has 1 atom stereocenters. The van der Waals surface area contributed by atoms with Gasteiger partial charge in [0.1, 0.15) is 12.4 Å². The van der Waals surface area contributed by atoms with Crippen molar-refractivity contribution >= 4 is 5.91 Å². The minimum atomic E-state index is -0.385. The van der Waals surface area contributed by atoms with Crippen LogP contribution in [-0.2, 0) is 0 Å². The van der Waals surface area contributed by atoms with E-state index in [1.165, 1.54) is 0 Å². The molecule has 1 aromatic rings. The van der Waals surface area contributed by atoms with E-state index in [0.717, 1.165) is 0 Å². The predicted octanol–water partition coefficient (Wildman–Crippen LogP) is 1.46. The molecule has 0 spiro atoms. The first-order chi connectivity index (χ1) is 8.70. The molecule has 4 heteroatoms. The number of carbonyl (C=O) groups is 1. The average Bonchev–Trinajstić information content (AvgIpc) is 2.83. The summed E-state index contributed by atoms with van der Waals surface area (Å²) >= 11 is 0. The van der Waals surface area contributed by atoms with Crippen molar-refractivity contribution in [2.24, 2.45) is 0 Å². The highest BCUT2D eigenvalue weighted by molar-refractivity contribution is 5.94. The molecular weight excluding hydrogens is 230 g/mol. The van der Waals surface area contributed by atoms with E-state index in [9.17, 15) is 9.90 Å². The number of amides is 1. The lowest BCUT2D eigenvalue weighted by Gasteiger charge is -2.15. The van der Waals surface area contributed by atoms with Crippen LogP contribution in [0.15, 0.2) is 36.9 Å². The maximum Gasteiger partial charge on any atom is 0.253 e. The zero-order valence-electron chi connectivity index (χ0n) is 10.2. The maximum atomic E-state index is 12.1. The molecule has 4 nitrogen and oxygen atoms in total. The molecule has 1 aromatic carbocycles. The number of hydrogen-bond donors (Lipinski definition) is 1. The smallest absolute Gasteiger partial charge is 0.253 e. The quantitative estimate of drug-likeness (QED) is 0.819. The van der Waals surface area contributed by atoms with Crippen molar-refractivity contribution in [3.05, 3.63) is 42.5 Å². The second-order valence-electron chi connectivity index (χ2n) is 4.32. The summed E-state index contributed by atoms with van der Waals surface area (Å²) in [6.45, 7) is 5.07. The first-order valence-electron chi connectivity index (χ1n) is 6.02. The molecule has 96 valence electrons. The van der Waals surface area contributed by atoms with Crippen LogP contribution in [0.2, 0.25) is 0 Å². The van der Waals surface area contributed by atoms with E-state index >= 15 is 0 Å². The van der Waals surface area contributed by atoms with Crippen molar-refractivity contribution in [1.29, 1.82) is 0 Å². The molecule has 1 N–H and O–H groups in total. The van der Waals surface area contributed by atoms with E-state index in [-0.39, 0.29) is 12.0 Å². The summed E-state index contributed by atoms with van der Waals surface area (Å²) < 4.78 is 5.35. The average molecular weight is 247 g/mol. The first kappa shape index (κ1) is 12.6. The third-order valence-corrected chi connectivity index (χ3v) is 2.92. The van der Waals surface area contributed by atoms with Crippen LogP contribution in [0.5, 0.6) is 5.75 Å². The molecule has 1 amide bonds. The molecule has 0 bridgehead atoms. The normalized spacial score (nSPS) is 18.7. The van der Waals surface area contributed by atoms with Gasteiger partial charge in [0, 0.05) is 18.7 Å². The maximum absolute atomic E-state index is 12.1. The molecule has 1 fully saturated rings. The van der Waals surface area contributed by atoms with Crippen molar-refractivity contribution in [3.63, 3.8) is 0 Å². The molecule has 1 aliphatic heterocycles. The third-order valence-electron chi connectivity index (χ3n) is 2.92. The van der Waals surface area contributed by atoms with Gasteiger partial charge in [0.25, 0.3) is 5.91 Å². The summed E-state index contributed by atoms with van der Waals surface area (Å²) in [5.74, 6) is 0.676.